The average Bonchev–Trinajstić information content (AvgIpc) is 2.39. The van der Waals surface area contributed by atoms with Crippen LogP contribution in [0.15, 0.2) is 29.4 Å². The van der Waals surface area contributed by atoms with Crippen LogP contribution in [0.3, 0.4) is 0 Å². The Morgan fingerprint density at radius 1 is 1.38 bits per heavy atom. The summed E-state index contributed by atoms with van der Waals surface area (Å²) in [5.41, 5.74) is 4.76. The van der Waals surface area contributed by atoms with E-state index in [1.165, 1.54) is 6.92 Å². The molecule has 21 heavy (non-hydrogen) atoms. The van der Waals surface area contributed by atoms with Crippen molar-refractivity contribution in [3.63, 3.8) is 0 Å². The van der Waals surface area contributed by atoms with Gasteiger partial charge in [-0.05, 0) is 24.6 Å². The molecular formula is C14H15Cl2N3O2. The van der Waals surface area contributed by atoms with Crippen LogP contribution in [-0.4, -0.2) is 21.9 Å². The molecule has 0 aromatic heterocycles. The molecule has 1 aliphatic heterocycles. The summed E-state index contributed by atoms with van der Waals surface area (Å²) in [5.74, 6) is -0.527. The van der Waals surface area contributed by atoms with Crippen molar-refractivity contribution in [3.05, 3.63) is 29.8 Å². The molecule has 1 aromatic rings. The average molecular weight is 328 g/mol. The van der Waals surface area contributed by atoms with Crippen molar-refractivity contribution in [1.29, 1.82) is 0 Å². The quantitative estimate of drug-likeness (QED) is 0.838. The second-order valence-electron chi connectivity index (χ2n) is 5.06. The molecule has 0 spiro atoms. The lowest BCUT2D eigenvalue weighted by Gasteiger charge is -2.19. The molecule has 112 valence electrons. The van der Waals surface area contributed by atoms with Crippen molar-refractivity contribution in [2.45, 2.75) is 24.6 Å². The Hall–Kier alpha value is -1.59. The molecule has 7 heteroatoms. The van der Waals surface area contributed by atoms with Crippen molar-refractivity contribution >= 4 is 46.4 Å². The van der Waals surface area contributed by atoms with E-state index in [0.29, 0.717) is 12.1 Å². The van der Waals surface area contributed by atoms with Gasteiger partial charge in [-0.3, -0.25) is 9.59 Å². The number of amides is 2. The zero-order chi connectivity index (χ0) is 15.6. The molecule has 0 aliphatic carbocycles. The van der Waals surface area contributed by atoms with Crippen LogP contribution in [0.2, 0.25) is 0 Å². The molecule has 1 aliphatic rings. The maximum atomic E-state index is 11.7. The predicted octanol–water partition coefficient (Wildman–Crippen LogP) is 2.68. The molecule has 1 atom stereocenters. The van der Waals surface area contributed by atoms with Crippen molar-refractivity contribution in [1.82, 2.24) is 5.43 Å². The molecule has 2 N–H and O–H groups in total. The highest BCUT2D eigenvalue weighted by Gasteiger charge is 2.27. The SMILES string of the molecule is CC1CC(=O)NN=C1c1ccc(NC(=O)C(C)(Cl)Cl)cc1. The first kappa shape index (κ1) is 15.8. The lowest BCUT2D eigenvalue weighted by Crippen LogP contribution is -2.32. The zero-order valence-electron chi connectivity index (χ0n) is 11.6. The molecule has 2 amide bonds. The standard InChI is InChI=1S/C14H15Cl2N3O2/c1-8-7-11(20)18-19-12(8)9-3-5-10(6-4-9)17-13(21)14(2,15)16/h3-6,8H,7H2,1-2H3,(H,17,21)(H,18,20). The molecule has 0 fully saturated rings. The topological polar surface area (TPSA) is 70.6 Å². The number of carbonyl (C=O) groups excluding carboxylic acids is 2. The van der Waals surface area contributed by atoms with Crippen LogP contribution in [0.25, 0.3) is 0 Å². The Kier molecular flexibility index (Phi) is 4.54. The van der Waals surface area contributed by atoms with Crippen LogP contribution in [0, 0.1) is 5.92 Å². The van der Waals surface area contributed by atoms with Gasteiger partial charge in [-0.2, -0.15) is 5.10 Å². The Morgan fingerprint density at radius 3 is 2.52 bits per heavy atom. The van der Waals surface area contributed by atoms with E-state index >= 15 is 0 Å². The van der Waals surface area contributed by atoms with Crippen LogP contribution in [0.5, 0.6) is 0 Å². The summed E-state index contributed by atoms with van der Waals surface area (Å²) in [5, 5.41) is 6.70. The minimum Gasteiger partial charge on any atom is -0.323 e. The molecular weight excluding hydrogens is 313 g/mol. The minimum atomic E-state index is -1.48. The highest BCUT2D eigenvalue weighted by molar-refractivity contribution is 6.58. The maximum Gasteiger partial charge on any atom is 0.260 e. The second kappa shape index (κ2) is 6.03. The Morgan fingerprint density at radius 2 is 2.00 bits per heavy atom. The Bertz CT molecular complexity index is 591. The van der Waals surface area contributed by atoms with Crippen molar-refractivity contribution < 1.29 is 9.59 Å². The smallest absolute Gasteiger partial charge is 0.260 e. The molecule has 5 nitrogen and oxygen atoms in total. The van der Waals surface area contributed by atoms with Gasteiger partial charge in [-0.25, -0.2) is 5.43 Å². The summed E-state index contributed by atoms with van der Waals surface area (Å²) in [7, 11) is 0. The predicted molar refractivity (Wildman–Crippen MR) is 83.6 cm³/mol. The third kappa shape index (κ3) is 3.95. The van der Waals surface area contributed by atoms with Crippen molar-refractivity contribution in [2.24, 2.45) is 11.0 Å². The Labute approximate surface area is 132 Å². The molecule has 1 unspecified atom stereocenters. The largest absolute Gasteiger partial charge is 0.323 e. The van der Waals surface area contributed by atoms with Gasteiger partial charge >= 0.3 is 0 Å². The lowest BCUT2D eigenvalue weighted by atomic mass is 9.94. The second-order valence-corrected chi connectivity index (χ2v) is 6.76. The van der Waals surface area contributed by atoms with Crippen LogP contribution >= 0.6 is 23.2 Å². The van der Waals surface area contributed by atoms with Gasteiger partial charge in [0, 0.05) is 18.0 Å². The van der Waals surface area contributed by atoms with E-state index in [-0.39, 0.29) is 11.8 Å². The number of nitrogens with one attached hydrogen (secondary N) is 2. The van der Waals surface area contributed by atoms with E-state index in [1.807, 2.05) is 19.1 Å². The van der Waals surface area contributed by atoms with E-state index in [1.54, 1.807) is 12.1 Å². The maximum absolute atomic E-state index is 11.7. The highest BCUT2D eigenvalue weighted by Crippen LogP contribution is 2.23. The monoisotopic (exact) mass is 327 g/mol. The van der Waals surface area contributed by atoms with Gasteiger partial charge < -0.3 is 5.32 Å². The minimum absolute atomic E-state index is 0.0492. The third-order valence-corrected chi connectivity index (χ3v) is 3.44. The molecule has 1 aromatic carbocycles. The van der Waals surface area contributed by atoms with Gasteiger partial charge in [-0.1, -0.05) is 42.3 Å². The highest BCUT2D eigenvalue weighted by atomic mass is 35.5. The fourth-order valence-corrected chi connectivity index (χ4v) is 2.06. The number of halogens is 2. The first-order valence-electron chi connectivity index (χ1n) is 6.43. The first-order valence-corrected chi connectivity index (χ1v) is 7.19. The summed E-state index contributed by atoms with van der Waals surface area (Å²) in [6, 6.07) is 7.11. The number of benzene rings is 1. The lowest BCUT2D eigenvalue weighted by molar-refractivity contribution is -0.122. The molecule has 2 rings (SSSR count). The van der Waals surface area contributed by atoms with Crippen LogP contribution in [-0.2, 0) is 9.59 Å². The zero-order valence-corrected chi connectivity index (χ0v) is 13.1. The van der Waals surface area contributed by atoms with Crippen molar-refractivity contribution in [2.75, 3.05) is 5.32 Å². The van der Waals surface area contributed by atoms with E-state index in [9.17, 15) is 9.59 Å². The summed E-state index contributed by atoms with van der Waals surface area (Å²) < 4.78 is -1.48. The molecule has 0 bridgehead atoms. The van der Waals surface area contributed by atoms with Gasteiger partial charge in [0.2, 0.25) is 5.91 Å². The number of alkyl halides is 2. The normalized spacial score (nSPS) is 18.8. The number of rotatable bonds is 3. The Balaban J connectivity index is 2.13. The van der Waals surface area contributed by atoms with Gasteiger partial charge in [0.25, 0.3) is 5.91 Å². The van der Waals surface area contributed by atoms with E-state index in [0.717, 1.165) is 11.3 Å². The number of anilines is 1. The number of carbonyl (C=O) groups is 2. The fourth-order valence-electron chi connectivity index (χ4n) is 1.97. The number of nitrogens with zero attached hydrogens (tertiary/aromatic N) is 1. The molecule has 0 saturated heterocycles. The van der Waals surface area contributed by atoms with Crippen LogP contribution in [0.1, 0.15) is 25.8 Å². The van der Waals surface area contributed by atoms with Crippen molar-refractivity contribution in [3.8, 4) is 0 Å². The number of hydrogen-bond donors (Lipinski definition) is 2. The first-order chi connectivity index (χ1) is 9.77. The summed E-state index contributed by atoms with van der Waals surface area (Å²) in [6.07, 6.45) is 0.411. The third-order valence-electron chi connectivity index (χ3n) is 3.10. The summed E-state index contributed by atoms with van der Waals surface area (Å²) in [6.45, 7) is 3.35. The molecule has 1 heterocycles. The summed E-state index contributed by atoms with van der Waals surface area (Å²) >= 11 is 11.4. The molecule has 0 radical (unpaired) electrons. The number of hydrogen-bond acceptors (Lipinski definition) is 3. The van der Waals surface area contributed by atoms with Gasteiger partial charge in [0.05, 0.1) is 5.71 Å². The molecule has 0 saturated carbocycles. The fraction of sp³-hybridized carbons (Fsp3) is 0.357. The van der Waals surface area contributed by atoms with E-state index < -0.39 is 10.2 Å². The van der Waals surface area contributed by atoms with Crippen LogP contribution < -0.4 is 10.7 Å². The number of hydrazone groups is 1. The van der Waals surface area contributed by atoms with Gasteiger partial charge in [-0.15, -0.1) is 0 Å². The van der Waals surface area contributed by atoms with Gasteiger partial charge in [0.15, 0.2) is 4.33 Å². The van der Waals surface area contributed by atoms with Gasteiger partial charge in [0.1, 0.15) is 0 Å². The van der Waals surface area contributed by atoms with Crippen LogP contribution in [0.4, 0.5) is 5.69 Å². The van der Waals surface area contributed by atoms with E-state index in [2.05, 4.69) is 15.8 Å². The van der Waals surface area contributed by atoms with E-state index in [4.69, 9.17) is 23.2 Å². The summed E-state index contributed by atoms with van der Waals surface area (Å²) in [4.78, 5) is 22.9.